The first-order valence-corrected chi connectivity index (χ1v) is 23.8. The summed E-state index contributed by atoms with van der Waals surface area (Å²) in [6.07, 6.45) is 30.4. The minimum atomic E-state index is -1.47. The second kappa shape index (κ2) is 34.6. The number of aliphatic hydroxyl groups excluding tert-OH is 3. The minimum absolute atomic E-state index is 0.0315. The Hall–Kier alpha value is -2.20. The number of nitrogens with one attached hydrogen (secondary N) is 1. The minimum Gasteiger partial charge on any atom is -0.445 e. The zero-order valence-corrected chi connectivity index (χ0v) is 36.5. The Balaban J connectivity index is 1.87. The van der Waals surface area contributed by atoms with Crippen LogP contribution in [-0.4, -0.2) is 76.0 Å². The van der Waals surface area contributed by atoms with Crippen molar-refractivity contribution in [2.75, 3.05) is 13.2 Å². The van der Waals surface area contributed by atoms with Gasteiger partial charge in [-0.15, -0.1) is 0 Å². The average molecular weight is 803 g/mol. The van der Waals surface area contributed by atoms with Crippen LogP contribution in [0.15, 0.2) is 30.3 Å². The van der Waals surface area contributed by atoms with Crippen LogP contribution in [0, 0.1) is 0 Å². The third-order valence-electron chi connectivity index (χ3n) is 11.8. The summed E-state index contributed by atoms with van der Waals surface area (Å²) in [5.74, 6) is -0.103. The highest BCUT2D eigenvalue weighted by atomic mass is 16.6. The van der Waals surface area contributed by atoms with E-state index in [0.29, 0.717) is 13.0 Å². The number of carbonyl (C=O) groups excluding carboxylic acids is 2. The van der Waals surface area contributed by atoms with E-state index in [-0.39, 0.29) is 12.5 Å². The number of nitrogens with zero attached hydrogens (tertiary/aromatic N) is 1. The predicted molar refractivity (Wildman–Crippen MR) is 233 cm³/mol. The summed E-state index contributed by atoms with van der Waals surface area (Å²) in [4.78, 5) is 28.6. The Morgan fingerprint density at radius 2 is 1.04 bits per heavy atom. The summed E-state index contributed by atoms with van der Waals surface area (Å²) in [5, 5.41) is 34.8. The number of hydrogen-bond donors (Lipinski definition) is 4. The van der Waals surface area contributed by atoms with Crippen molar-refractivity contribution < 1.29 is 34.4 Å². The van der Waals surface area contributed by atoms with Crippen molar-refractivity contribution in [1.82, 2.24) is 10.2 Å². The van der Waals surface area contributed by atoms with E-state index in [1.165, 1.54) is 148 Å². The summed E-state index contributed by atoms with van der Waals surface area (Å²) < 4.78 is 11.6. The van der Waals surface area contributed by atoms with E-state index in [1.54, 1.807) is 4.90 Å². The molecule has 1 aliphatic heterocycles. The Bertz CT molecular complexity index is 1090. The fourth-order valence-electron chi connectivity index (χ4n) is 8.08. The monoisotopic (exact) mass is 803 g/mol. The fourth-order valence-corrected chi connectivity index (χ4v) is 8.08. The average Bonchev–Trinajstić information content (AvgIpc) is 3.22. The zero-order chi connectivity index (χ0) is 41.2. The van der Waals surface area contributed by atoms with E-state index < -0.39 is 43.3 Å². The third kappa shape index (κ3) is 23.8. The lowest BCUT2D eigenvalue weighted by Crippen LogP contribution is -2.68. The van der Waals surface area contributed by atoms with E-state index in [2.05, 4.69) is 19.2 Å². The molecule has 330 valence electrons. The summed E-state index contributed by atoms with van der Waals surface area (Å²) in [7, 11) is 0. The number of ether oxygens (including phenoxy) is 2. The molecule has 1 aromatic rings. The maximum Gasteiger partial charge on any atom is 0.407 e. The first kappa shape index (κ1) is 50.9. The second-order valence-electron chi connectivity index (χ2n) is 16.8. The quantitative estimate of drug-likeness (QED) is 0.0497. The van der Waals surface area contributed by atoms with E-state index in [9.17, 15) is 24.9 Å². The lowest BCUT2D eigenvalue weighted by Gasteiger charge is -2.46. The van der Waals surface area contributed by atoms with Gasteiger partial charge in [-0.25, -0.2) is 4.79 Å². The van der Waals surface area contributed by atoms with Gasteiger partial charge in [-0.2, -0.15) is 0 Å². The van der Waals surface area contributed by atoms with Crippen LogP contribution in [0.4, 0.5) is 4.79 Å². The molecule has 4 N–H and O–H groups in total. The molecule has 5 atom stereocenters. The number of carbonyl (C=O) groups is 2. The number of alkyl carbamates (subject to hydrolysis) is 1. The molecule has 0 bridgehead atoms. The number of rotatable bonds is 36. The lowest BCUT2D eigenvalue weighted by atomic mass is 9.95. The molecule has 9 heteroatoms. The van der Waals surface area contributed by atoms with Gasteiger partial charge in [0, 0.05) is 13.0 Å². The van der Waals surface area contributed by atoms with Gasteiger partial charge in [0.15, 0.2) is 6.23 Å². The van der Waals surface area contributed by atoms with E-state index in [0.717, 1.165) is 44.1 Å². The molecule has 0 radical (unpaired) electrons. The van der Waals surface area contributed by atoms with Crippen molar-refractivity contribution >= 4 is 12.0 Å². The van der Waals surface area contributed by atoms with Crippen molar-refractivity contribution in [3.05, 3.63) is 35.9 Å². The number of amides is 2. The number of unbranched alkanes of at least 4 members (excludes halogenated alkanes) is 27. The van der Waals surface area contributed by atoms with Crippen LogP contribution in [0.5, 0.6) is 0 Å². The van der Waals surface area contributed by atoms with Gasteiger partial charge in [0.05, 0.1) is 6.61 Å². The highest BCUT2D eigenvalue weighted by Crippen LogP contribution is 2.26. The summed E-state index contributed by atoms with van der Waals surface area (Å²) >= 11 is 0. The van der Waals surface area contributed by atoms with Gasteiger partial charge in [0.2, 0.25) is 5.91 Å². The molecule has 0 saturated carbocycles. The molecule has 0 unspecified atom stereocenters. The summed E-state index contributed by atoms with van der Waals surface area (Å²) in [6.45, 7) is 4.43. The predicted octanol–water partition coefficient (Wildman–Crippen LogP) is 11.3. The first-order valence-electron chi connectivity index (χ1n) is 23.8. The zero-order valence-electron chi connectivity index (χ0n) is 36.5. The normalized spacial score (nSPS) is 19.4. The molecule has 1 fully saturated rings. The SMILES string of the molecule is CCCCCCCCCCCCCCCCCC(=O)N(CCCCCCCCCCCCCCCC)[C@@H]1O[C@H](CO)[C@@H](O)[C@H](O)[C@H]1NC(=O)OCc1ccccc1. The van der Waals surface area contributed by atoms with Gasteiger partial charge < -0.3 is 35.0 Å². The highest BCUT2D eigenvalue weighted by Gasteiger charge is 2.48. The standard InChI is InChI=1S/C48H86N2O7/c1-3-5-7-9-11-13-15-17-19-20-22-24-26-28-33-37-43(52)50(38-34-29-27-25-23-21-18-16-14-12-10-8-6-4-2)47-44(46(54)45(53)42(39-51)57-47)49-48(55)56-40-41-35-31-30-32-36-41/h30-32,35-36,42,44-47,51,53-54H,3-29,33-34,37-40H2,1-2H3,(H,49,55)/t42-,44-,45-,46-,47-/m1/s1. The van der Waals surface area contributed by atoms with Crippen LogP contribution in [-0.2, 0) is 20.9 Å². The van der Waals surface area contributed by atoms with Gasteiger partial charge in [0.1, 0.15) is 31.0 Å². The van der Waals surface area contributed by atoms with Gasteiger partial charge >= 0.3 is 6.09 Å². The van der Waals surface area contributed by atoms with Gasteiger partial charge in [0.25, 0.3) is 0 Å². The molecule has 57 heavy (non-hydrogen) atoms. The molecule has 0 aliphatic carbocycles. The van der Waals surface area contributed by atoms with Crippen LogP contribution in [0.1, 0.15) is 212 Å². The van der Waals surface area contributed by atoms with Gasteiger partial charge in [-0.1, -0.05) is 218 Å². The Morgan fingerprint density at radius 1 is 0.614 bits per heavy atom. The number of benzene rings is 1. The van der Waals surface area contributed by atoms with Crippen molar-refractivity contribution in [2.45, 2.75) is 244 Å². The van der Waals surface area contributed by atoms with Crippen molar-refractivity contribution in [2.24, 2.45) is 0 Å². The molecule has 2 amide bonds. The number of aliphatic hydroxyl groups is 3. The lowest BCUT2D eigenvalue weighted by molar-refractivity contribution is -0.230. The maximum atomic E-state index is 14.0. The molecule has 2 rings (SSSR count). The topological polar surface area (TPSA) is 129 Å². The van der Waals surface area contributed by atoms with Crippen LogP contribution in [0.2, 0.25) is 0 Å². The molecule has 1 aliphatic rings. The molecule has 1 aromatic carbocycles. The third-order valence-corrected chi connectivity index (χ3v) is 11.8. The molecule has 9 nitrogen and oxygen atoms in total. The Morgan fingerprint density at radius 3 is 1.47 bits per heavy atom. The molecule has 1 saturated heterocycles. The number of hydrogen-bond acceptors (Lipinski definition) is 7. The highest BCUT2D eigenvalue weighted by molar-refractivity contribution is 5.76. The van der Waals surface area contributed by atoms with E-state index >= 15 is 0 Å². The second-order valence-corrected chi connectivity index (χ2v) is 16.8. The van der Waals surface area contributed by atoms with Crippen LogP contribution in [0.25, 0.3) is 0 Å². The molecular formula is C48H86N2O7. The van der Waals surface area contributed by atoms with E-state index in [4.69, 9.17) is 9.47 Å². The van der Waals surface area contributed by atoms with Crippen molar-refractivity contribution in [1.29, 1.82) is 0 Å². The molecule has 0 spiro atoms. The first-order chi connectivity index (χ1) is 27.9. The maximum absolute atomic E-state index is 14.0. The van der Waals surface area contributed by atoms with Crippen molar-refractivity contribution in [3.8, 4) is 0 Å². The largest absolute Gasteiger partial charge is 0.445 e. The molecule has 0 aromatic heterocycles. The van der Waals surface area contributed by atoms with Gasteiger partial charge in [-0.3, -0.25) is 4.79 Å². The summed E-state index contributed by atoms with van der Waals surface area (Å²) in [6, 6.07) is 8.15. The molecular weight excluding hydrogens is 717 g/mol. The molecule has 1 heterocycles. The van der Waals surface area contributed by atoms with Crippen LogP contribution < -0.4 is 5.32 Å². The Labute approximate surface area is 348 Å². The van der Waals surface area contributed by atoms with E-state index in [1.807, 2.05) is 30.3 Å². The summed E-state index contributed by atoms with van der Waals surface area (Å²) in [5.41, 5.74) is 0.808. The van der Waals surface area contributed by atoms with Crippen LogP contribution in [0.3, 0.4) is 0 Å². The fraction of sp³-hybridized carbons (Fsp3) is 0.833. The van der Waals surface area contributed by atoms with Crippen LogP contribution >= 0.6 is 0 Å². The van der Waals surface area contributed by atoms with Crippen molar-refractivity contribution in [3.63, 3.8) is 0 Å². The van der Waals surface area contributed by atoms with Gasteiger partial charge in [-0.05, 0) is 18.4 Å². The smallest absolute Gasteiger partial charge is 0.407 e. The Kier molecular flexibility index (Phi) is 31.0.